The molecule has 3 aromatic rings. The summed E-state index contributed by atoms with van der Waals surface area (Å²) >= 11 is 0. The van der Waals surface area contributed by atoms with Crippen molar-refractivity contribution in [2.24, 2.45) is 0 Å². The van der Waals surface area contributed by atoms with Crippen molar-refractivity contribution in [1.29, 1.82) is 0 Å². The van der Waals surface area contributed by atoms with Gasteiger partial charge in [0.05, 0.1) is 0 Å². The van der Waals surface area contributed by atoms with Crippen LogP contribution in [0.5, 0.6) is 0 Å². The normalized spacial score (nSPS) is 10.9. The zero-order chi connectivity index (χ0) is 11.8. The third-order valence-electron chi connectivity index (χ3n) is 3.28. The molecule has 0 saturated heterocycles. The minimum Gasteiger partial charge on any atom is -0.388 e. The van der Waals surface area contributed by atoms with Crippen LogP contribution in [-0.2, 0) is 0 Å². The van der Waals surface area contributed by atoms with Gasteiger partial charge in [-0.3, -0.25) is 0 Å². The molecule has 0 unspecified atom stereocenters. The Morgan fingerprint density at radius 1 is 0.765 bits per heavy atom. The van der Waals surface area contributed by atoms with Crippen LogP contribution >= 0.6 is 0 Å². The van der Waals surface area contributed by atoms with Crippen LogP contribution < -0.4 is 5.32 Å². The van der Waals surface area contributed by atoms with Gasteiger partial charge in [0.2, 0.25) is 0 Å². The maximum absolute atomic E-state index is 3.18. The number of rotatable bonds is 1. The summed E-state index contributed by atoms with van der Waals surface area (Å²) < 4.78 is 0. The summed E-state index contributed by atoms with van der Waals surface area (Å²) in [7, 11) is 1.95. The van der Waals surface area contributed by atoms with Crippen LogP contribution in [0.2, 0.25) is 0 Å². The molecule has 0 saturated carbocycles. The fourth-order valence-electron chi connectivity index (χ4n) is 2.35. The lowest BCUT2D eigenvalue weighted by Crippen LogP contribution is -1.87. The van der Waals surface area contributed by atoms with Crippen molar-refractivity contribution < 1.29 is 0 Å². The molecule has 0 fully saturated rings. The topological polar surface area (TPSA) is 12.0 Å². The summed E-state index contributed by atoms with van der Waals surface area (Å²) in [5.74, 6) is 0. The maximum atomic E-state index is 3.18. The molecule has 0 spiro atoms. The van der Waals surface area contributed by atoms with Crippen LogP contribution in [0, 0.1) is 6.92 Å². The van der Waals surface area contributed by atoms with Crippen molar-refractivity contribution in [3.63, 3.8) is 0 Å². The molecule has 0 aliphatic heterocycles. The van der Waals surface area contributed by atoms with Crippen LogP contribution in [0.1, 0.15) is 5.56 Å². The van der Waals surface area contributed by atoms with E-state index >= 15 is 0 Å². The van der Waals surface area contributed by atoms with Gasteiger partial charge in [-0.2, -0.15) is 0 Å². The highest BCUT2D eigenvalue weighted by Gasteiger charge is 2.01. The first-order chi connectivity index (χ1) is 8.28. The van der Waals surface area contributed by atoms with Gasteiger partial charge in [0.15, 0.2) is 0 Å². The van der Waals surface area contributed by atoms with E-state index in [1.165, 1.54) is 27.1 Å². The van der Waals surface area contributed by atoms with E-state index in [0.29, 0.717) is 0 Å². The van der Waals surface area contributed by atoms with Crippen molar-refractivity contribution >= 4 is 27.2 Å². The molecule has 3 rings (SSSR count). The van der Waals surface area contributed by atoms with E-state index in [1.54, 1.807) is 0 Å². The number of benzene rings is 3. The molecule has 84 valence electrons. The number of hydrogen-bond acceptors (Lipinski definition) is 1. The van der Waals surface area contributed by atoms with Crippen molar-refractivity contribution in [3.8, 4) is 0 Å². The van der Waals surface area contributed by atoms with Gasteiger partial charge in [-0.25, -0.2) is 0 Å². The molecule has 1 heteroatoms. The molecule has 3 aromatic carbocycles. The lowest BCUT2D eigenvalue weighted by atomic mass is 10.00. The molecule has 0 bridgehead atoms. The third kappa shape index (κ3) is 1.64. The van der Waals surface area contributed by atoms with Crippen LogP contribution in [0.15, 0.2) is 48.5 Å². The fraction of sp³-hybridized carbons (Fsp3) is 0.125. The molecule has 0 aromatic heterocycles. The Morgan fingerprint density at radius 2 is 1.41 bits per heavy atom. The van der Waals surface area contributed by atoms with Crippen molar-refractivity contribution in [2.45, 2.75) is 6.92 Å². The Labute approximate surface area is 101 Å². The van der Waals surface area contributed by atoms with Crippen LogP contribution in [0.3, 0.4) is 0 Å². The van der Waals surface area contributed by atoms with E-state index in [9.17, 15) is 0 Å². The van der Waals surface area contributed by atoms with E-state index in [2.05, 4.69) is 60.8 Å². The predicted molar refractivity (Wildman–Crippen MR) is 75.7 cm³/mol. The van der Waals surface area contributed by atoms with Crippen molar-refractivity contribution in [1.82, 2.24) is 0 Å². The van der Waals surface area contributed by atoms with E-state index in [-0.39, 0.29) is 0 Å². The van der Waals surface area contributed by atoms with Gasteiger partial charge in [-0.15, -0.1) is 0 Å². The van der Waals surface area contributed by atoms with Gasteiger partial charge in [0.1, 0.15) is 0 Å². The molecule has 1 N–H and O–H groups in total. The number of nitrogens with one attached hydrogen (secondary N) is 1. The first-order valence-corrected chi connectivity index (χ1v) is 5.89. The number of anilines is 1. The van der Waals surface area contributed by atoms with E-state index < -0.39 is 0 Å². The number of fused-ring (bicyclic) bond motifs is 3. The van der Waals surface area contributed by atoms with Crippen molar-refractivity contribution in [2.75, 3.05) is 12.4 Å². The SMILES string of the molecule is CNc1ccc2c(ccc3cc(C)ccc32)c1. The monoisotopic (exact) mass is 221 g/mol. The maximum Gasteiger partial charge on any atom is 0.0344 e. The average Bonchev–Trinajstić information content (AvgIpc) is 2.37. The van der Waals surface area contributed by atoms with Gasteiger partial charge >= 0.3 is 0 Å². The summed E-state index contributed by atoms with van der Waals surface area (Å²) in [5, 5.41) is 8.43. The minimum absolute atomic E-state index is 1.16. The molecule has 0 aliphatic carbocycles. The Balaban J connectivity index is 2.40. The zero-order valence-corrected chi connectivity index (χ0v) is 10.1. The second kappa shape index (κ2) is 3.77. The van der Waals surface area contributed by atoms with E-state index in [4.69, 9.17) is 0 Å². The van der Waals surface area contributed by atoms with Crippen LogP contribution in [-0.4, -0.2) is 7.05 Å². The summed E-state index contributed by atoms with van der Waals surface area (Å²) in [6, 6.07) is 17.5. The third-order valence-corrected chi connectivity index (χ3v) is 3.28. The highest BCUT2D eigenvalue weighted by Crippen LogP contribution is 2.27. The molecule has 0 heterocycles. The molecule has 0 aliphatic rings. The second-order valence-corrected chi connectivity index (χ2v) is 4.48. The molecular formula is C16H15N. The summed E-state index contributed by atoms with van der Waals surface area (Å²) in [6.45, 7) is 2.13. The number of aryl methyl sites for hydroxylation is 1. The van der Waals surface area contributed by atoms with E-state index in [1.807, 2.05) is 7.05 Å². The largest absolute Gasteiger partial charge is 0.388 e. The first-order valence-electron chi connectivity index (χ1n) is 5.89. The lowest BCUT2D eigenvalue weighted by Gasteiger charge is -2.07. The summed E-state index contributed by atoms with van der Waals surface area (Å²) in [4.78, 5) is 0. The molecule has 0 radical (unpaired) electrons. The molecular weight excluding hydrogens is 206 g/mol. The fourth-order valence-corrected chi connectivity index (χ4v) is 2.35. The van der Waals surface area contributed by atoms with Gasteiger partial charge in [-0.05, 0) is 40.6 Å². The molecule has 0 atom stereocenters. The number of hydrogen-bond donors (Lipinski definition) is 1. The van der Waals surface area contributed by atoms with Gasteiger partial charge in [0.25, 0.3) is 0 Å². The highest BCUT2D eigenvalue weighted by molar-refractivity contribution is 6.08. The average molecular weight is 221 g/mol. The van der Waals surface area contributed by atoms with Gasteiger partial charge < -0.3 is 5.32 Å². The Morgan fingerprint density at radius 3 is 2.12 bits per heavy atom. The Bertz CT molecular complexity index is 698. The molecule has 1 nitrogen and oxygen atoms in total. The second-order valence-electron chi connectivity index (χ2n) is 4.48. The zero-order valence-electron chi connectivity index (χ0n) is 10.1. The molecule has 0 amide bonds. The standard InChI is InChI=1S/C16H15N/c1-11-3-7-15-12(9-11)4-5-13-10-14(17-2)6-8-16(13)15/h3-10,17H,1-2H3. The smallest absolute Gasteiger partial charge is 0.0344 e. The minimum atomic E-state index is 1.16. The Hall–Kier alpha value is -2.02. The first kappa shape index (κ1) is 10.2. The highest BCUT2D eigenvalue weighted by atomic mass is 14.8. The van der Waals surface area contributed by atoms with Gasteiger partial charge in [0, 0.05) is 12.7 Å². The quantitative estimate of drug-likeness (QED) is 0.603. The van der Waals surface area contributed by atoms with E-state index in [0.717, 1.165) is 5.69 Å². The predicted octanol–water partition coefficient (Wildman–Crippen LogP) is 4.34. The molecule has 17 heavy (non-hydrogen) atoms. The summed E-state index contributed by atoms with van der Waals surface area (Å²) in [6.07, 6.45) is 0. The lowest BCUT2D eigenvalue weighted by molar-refractivity contribution is 1.51. The van der Waals surface area contributed by atoms with Crippen molar-refractivity contribution in [3.05, 3.63) is 54.1 Å². The Kier molecular flexibility index (Phi) is 2.25. The van der Waals surface area contributed by atoms with Crippen LogP contribution in [0.25, 0.3) is 21.5 Å². The summed E-state index contributed by atoms with van der Waals surface area (Å²) in [5.41, 5.74) is 2.47. The van der Waals surface area contributed by atoms with Crippen LogP contribution in [0.4, 0.5) is 5.69 Å². The van der Waals surface area contributed by atoms with Gasteiger partial charge in [-0.1, -0.05) is 42.0 Å².